The molecule has 2 atom stereocenters. The van der Waals surface area contributed by atoms with Gasteiger partial charge in [0.15, 0.2) is 0 Å². The molecule has 0 aliphatic heterocycles. The molecule has 8 heteroatoms. The Hall–Kier alpha value is -3.55. The van der Waals surface area contributed by atoms with E-state index in [1.807, 2.05) is 37.3 Å². The fourth-order valence-electron chi connectivity index (χ4n) is 2.80. The molecule has 30 heavy (non-hydrogen) atoms. The molecule has 0 aliphatic carbocycles. The number of amides is 2. The fraction of sp³-hybridized carbons (Fsp3) is 0.318. The van der Waals surface area contributed by atoms with Gasteiger partial charge in [0.05, 0.1) is 0 Å². The zero-order valence-electron chi connectivity index (χ0n) is 16.7. The van der Waals surface area contributed by atoms with Crippen LogP contribution in [0.25, 0.3) is 0 Å². The summed E-state index contributed by atoms with van der Waals surface area (Å²) in [5.41, 5.74) is 1.45. The topological polar surface area (TPSA) is 125 Å². The first-order valence-electron chi connectivity index (χ1n) is 9.67. The average Bonchev–Trinajstić information content (AvgIpc) is 2.73. The number of carboxylic acid groups (broad SMARTS) is 1. The molecular weight excluding hydrogens is 388 g/mol. The minimum atomic E-state index is -1.20. The highest BCUT2D eigenvalue weighted by Crippen LogP contribution is 2.12. The number of carbonyl (C=O) groups excluding carboxylic acids is 2. The van der Waals surface area contributed by atoms with Gasteiger partial charge in [-0.1, -0.05) is 55.8 Å². The number of carboxylic acids is 1. The second-order valence-corrected chi connectivity index (χ2v) is 6.82. The van der Waals surface area contributed by atoms with Crippen LogP contribution in [-0.2, 0) is 27.4 Å². The van der Waals surface area contributed by atoms with Crippen molar-refractivity contribution in [1.29, 1.82) is 0 Å². The number of alkyl carbamates (subject to hydrolysis) is 1. The van der Waals surface area contributed by atoms with Crippen molar-refractivity contribution in [2.75, 3.05) is 0 Å². The van der Waals surface area contributed by atoms with E-state index in [1.54, 1.807) is 12.1 Å². The third kappa shape index (κ3) is 7.46. The Morgan fingerprint density at radius 3 is 2.20 bits per heavy atom. The predicted molar refractivity (Wildman–Crippen MR) is 110 cm³/mol. The lowest BCUT2D eigenvalue weighted by Crippen LogP contribution is -2.52. The summed E-state index contributed by atoms with van der Waals surface area (Å²) in [6.07, 6.45) is 0.223. The molecular formula is C22H26N2O6. The van der Waals surface area contributed by atoms with Crippen molar-refractivity contribution in [1.82, 2.24) is 10.6 Å². The summed E-state index contributed by atoms with van der Waals surface area (Å²) >= 11 is 0. The van der Waals surface area contributed by atoms with Crippen LogP contribution in [0.5, 0.6) is 5.75 Å². The summed E-state index contributed by atoms with van der Waals surface area (Å²) < 4.78 is 5.14. The van der Waals surface area contributed by atoms with Crippen LogP contribution in [0.4, 0.5) is 4.79 Å². The van der Waals surface area contributed by atoms with Gasteiger partial charge in [0.1, 0.15) is 24.4 Å². The van der Waals surface area contributed by atoms with Crippen LogP contribution in [-0.4, -0.2) is 40.3 Å². The quantitative estimate of drug-likeness (QED) is 0.474. The largest absolute Gasteiger partial charge is 0.508 e. The maximum absolute atomic E-state index is 12.6. The van der Waals surface area contributed by atoms with Crippen LogP contribution in [0.1, 0.15) is 30.9 Å². The van der Waals surface area contributed by atoms with Gasteiger partial charge in [-0.25, -0.2) is 9.59 Å². The Labute approximate surface area is 174 Å². The molecule has 0 unspecified atom stereocenters. The third-order valence-electron chi connectivity index (χ3n) is 4.39. The minimum Gasteiger partial charge on any atom is -0.508 e. The molecule has 4 N–H and O–H groups in total. The van der Waals surface area contributed by atoms with Gasteiger partial charge in [0, 0.05) is 6.42 Å². The van der Waals surface area contributed by atoms with Crippen LogP contribution in [0, 0.1) is 0 Å². The van der Waals surface area contributed by atoms with Gasteiger partial charge in [0.2, 0.25) is 5.91 Å². The molecule has 2 rings (SSSR count). The van der Waals surface area contributed by atoms with E-state index in [0.717, 1.165) is 5.56 Å². The van der Waals surface area contributed by atoms with Crippen molar-refractivity contribution >= 4 is 18.0 Å². The maximum atomic E-state index is 12.6. The Balaban J connectivity index is 1.95. The molecule has 2 aromatic rings. The maximum Gasteiger partial charge on any atom is 0.408 e. The van der Waals surface area contributed by atoms with Crippen LogP contribution in [0.2, 0.25) is 0 Å². The smallest absolute Gasteiger partial charge is 0.408 e. The van der Waals surface area contributed by atoms with Crippen molar-refractivity contribution in [3.05, 3.63) is 65.7 Å². The second kappa shape index (κ2) is 11.5. The van der Waals surface area contributed by atoms with Crippen LogP contribution < -0.4 is 10.6 Å². The summed E-state index contributed by atoms with van der Waals surface area (Å²) in [6.45, 7) is 1.91. The molecule has 2 aromatic carbocycles. The zero-order chi connectivity index (χ0) is 21.9. The Bertz CT molecular complexity index is 838. The minimum absolute atomic E-state index is 0.0403. The Morgan fingerprint density at radius 2 is 1.60 bits per heavy atom. The van der Waals surface area contributed by atoms with E-state index in [2.05, 4.69) is 10.6 Å². The van der Waals surface area contributed by atoms with E-state index in [9.17, 15) is 24.6 Å². The molecule has 0 bridgehead atoms. The first kappa shape index (κ1) is 22.7. The Kier molecular flexibility index (Phi) is 8.68. The van der Waals surface area contributed by atoms with E-state index in [1.165, 1.54) is 12.1 Å². The molecule has 0 radical (unpaired) electrons. The average molecular weight is 414 g/mol. The molecule has 160 valence electrons. The van der Waals surface area contributed by atoms with Crippen molar-refractivity contribution < 1.29 is 29.3 Å². The first-order chi connectivity index (χ1) is 14.4. The molecule has 0 heterocycles. The van der Waals surface area contributed by atoms with Gasteiger partial charge in [0.25, 0.3) is 0 Å². The van der Waals surface area contributed by atoms with Crippen molar-refractivity contribution in [2.24, 2.45) is 0 Å². The molecule has 2 amide bonds. The van der Waals surface area contributed by atoms with E-state index in [0.29, 0.717) is 18.4 Å². The van der Waals surface area contributed by atoms with Crippen molar-refractivity contribution in [3.8, 4) is 5.75 Å². The number of phenolic OH excluding ortho intramolecular Hbond substituents is 1. The van der Waals surface area contributed by atoms with E-state index in [-0.39, 0.29) is 18.8 Å². The second-order valence-electron chi connectivity index (χ2n) is 6.82. The lowest BCUT2D eigenvalue weighted by Gasteiger charge is -2.21. The SMILES string of the molecule is CCC[C@H](NC(=O)OCc1ccccc1)C(=O)N[C@H](Cc1ccc(O)cc1)C(=O)O. The molecule has 8 nitrogen and oxygen atoms in total. The molecule has 0 fully saturated rings. The molecule has 0 spiro atoms. The van der Waals surface area contributed by atoms with E-state index < -0.39 is 30.1 Å². The van der Waals surface area contributed by atoms with Crippen molar-refractivity contribution in [2.45, 2.75) is 44.9 Å². The normalized spacial score (nSPS) is 12.4. The summed E-state index contributed by atoms with van der Waals surface area (Å²) in [6, 6.07) is 13.1. The van der Waals surface area contributed by atoms with Crippen molar-refractivity contribution in [3.63, 3.8) is 0 Å². The number of aliphatic carboxylic acids is 1. The molecule has 0 aliphatic rings. The van der Waals surface area contributed by atoms with E-state index >= 15 is 0 Å². The highest BCUT2D eigenvalue weighted by Gasteiger charge is 2.26. The summed E-state index contributed by atoms with van der Waals surface area (Å²) in [5.74, 6) is -1.73. The molecule has 0 saturated carbocycles. The van der Waals surface area contributed by atoms with Gasteiger partial charge in [-0.3, -0.25) is 4.79 Å². The number of aromatic hydroxyl groups is 1. The Morgan fingerprint density at radius 1 is 0.933 bits per heavy atom. The monoisotopic (exact) mass is 414 g/mol. The van der Waals surface area contributed by atoms with Crippen LogP contribution >= 0.6 is 0 Å². The number of rotatable bonds is 10. The lowest BCUT2D eigenvalue weighted by molar-refractivity contribution is -0.142. The highest BCUT2D eigenvalue weighted by atomic mass is 16.5. The first-order valence-corrected chi connectivity index (χ1v) is 9.67. The number of benzene rings is 2. The number of carbonyl (C=O) groups is 3. The standard InChI is InChI=1S/C22H26N2O6/c1-2-6-18(24-22(29)30-14-16-7-4-3-5-8-16)20(26)23-19(21(27)28)13-15-9-11-17(25)12-10-15/h3-5,7-12,18-19,25H,2,6,13-14H2,1H3,(H,23,26)(H,24,29)(H,27,28)/t18-,19+/m0/s1. The van der Waals surface area contributed by atoms with E-state index in [4.69, 9.17) is 4.74 Å². The molecule has 0 saturated heterocycles. The number of hydrogen-bond acceptors (Lipinski definition) is 5. The van der Waals surface area contributed by atoms with Gasteiger partial charge in [-0.05, 0) is 29.7 Å². The van der Waals surface area contributed by atoms with Gasteiger partial charge >= 0.3 is 12.1 Å². The lowest BCUT2D eigenvalue weighted by atomic mass is 10.0. The zero-order valence-corrected chi connectivity index (χ0v) is 16.7. The number of ether oxygens (including phenoxy) is 1. The van der Waals surface area contributed by atoms with Crippen LogP contribution in [0.15, 0.2) is 54.6 Å². The van der Waals surface area contributed by atoms with Gasteiger partial charge < -0.3 is 25.6 Å². The highest BCUT2D eigenvalue weighted by molar-refractivity contribution is 5.89. The number of nitrogens with one attached hydrogen (secondary N) is 2. The van der Waals surface area contributed by atoms with Gasteiger partial charge in [-0.15, -0.1) is 0 Å². The summed E-state index contributed by atoms with van der Waals surface area (Å²) in [5, 5.41) is 23.8. The number of hydrogen-bond donors (Lipinski definition) is 4. The number of phenols is 1. The molecule has 0 aromatic heterocycles. The summed E-state index contributed by atoms with van der Waals surface area (Å²) in [7, 11) is 0. The van der Waals surface area contributed by atoms with Gasteiger partial charge in [-0.2, -0.15) is 0 Å². The summed E-state index contributed by atoms with van der Waals surface area (Å²) in [4.78, 5) is 36.3. The fourth-order valence-corrected chi connectivity index (χ4v) is 2.80. The van der Waals surface area contributed by atoms with Crippen LogP contribution in [0.3, 0.4) is 0 Å². The third-order valence-corrected chi connectivity index (χ3v) is 4.39. The predicted octanol–water partition coefficient (Wildman–Crippen LogP) is 2.60.